The van der Waals surface area contributed by atoms with Gasteiger partial charge in [-0.25, -0.2) is 8.42 Å². The fourth-order valence-corrected chi connectivity index (χ4v) is 4.75. The molecule has 1 saturated carbocycles. The van der Waals surface area contributed by atoms with E-state index in [0.29, 0.717) is 41.8 Å². The van der Waals surface area contributed by atoms with Gasteiger partial charge in [-0.05, 0) is 31.0 Å². The zero-order valence-corrected chi connectivity index (χ0v) is 14.2. The summed E-state index contributed by atoms with van der Waals surface area (Å²) in [5, 5.41) is 0.585. The number of halogens is 2. The summed E-state index contributed by atoms with van der Waals surface area (Å²) >= 11 is 12.0. The van der Waals surface area contributed by atoms with E-state index >= 15 is 0 Å². The Kier molecular flexibility index (Phi) is 4.38. The van der Waals surface area contributed by atoms with Gasteiger partial charge in [-0.15, -0.1) is 0 Å². The number of carbonyl (C=O) groups is 1. The van der Waals surface area contributed by atoms with Crippen molar-refractivity contribution in [1.82, 2.24) is 9.21 Å². The lowest BCUT2D eigenvalue weighted by Crippen LogP contribution is -2.51. The van der Waals surface area contributed by atoms with Gasteiger partial charge in [0, 0.05) is 31.2 Å². The van der Waals surface area contributed by atoms with E-state index < -0.39 is 10.0 Å². The van der Waals surface area contributed by atoms with Gasteiger partial charge in [0.1, 0.15) is 0 Å². The van der Waals surface area contributed by atoms with Crippen LogP contribution in [0.2, 0.25) is 10.0 Å². The van der Waals surface area contributed by atoms with Gasteiger partial charge in [-0.1, -0.05) is 23.2 Å². The standard InChI is InChI=1S/C14H16Cl2N2O3S/c15-10-1-4-13(16)12(9-10)14(19)17-5-7-18(8-6-17)22(20,21)11-2-3-11/h1,4,9,11H,2-3,5-8H2. The van der Waals surface area contributed by atoms with Crippen LogP contribution >= 0.6 is 23.2 Å². The first kappa shape index (κ1) is 16.1. The molecule has 1 heterocycles. The van der Waals surface area contributed by atoms with Crippen LogP contribution in [-0.2, 0) is 10.0 Å². The predicted molar refractivity (Wildman–Crippen MR) is 85.9 cm³/mol. The molecule has 1 aromatic carbocycles. The Morgan fingerprint density at radius 1 is 1.09 bits per heavy atom. The first-order valence-electron chi connectivity index (χ1n) is 7.13. The molecule has 0 bridgehead atoms. The molecular weight excluding hydrogens is 347 g/mol. The Hall–Kier alpha value is -0.820. The molecule has 0 atom stereocenters. The van der Waals surface area contributed by atoms with Crippen molar-refractivity contribution in [3.05, 3.63) is 33.8 Å². The smallest absolute Gasteiger partial charge is 0.255 e. The highest BCUT2D eigenvalue weighted by Gasteiger charge is 2.41. The maximum Gasteiger partial charge on any atom is 0.255 e. The van der Waals surface area contributed by atoms with E-state index in [0.717, 1.165) is 12.8 Å². The van der Waals surface area contributed by atoms with Crippen LogP contribution in [0.15, 0.2) is 18.2 Å². The van der Waals surface area contributed by atoms with E-state index in [1.807, 2.05) is 0 Å². The molecule has 3 rings (SSSR count). The van der Waals surface area contributed by atoms with Gasteiger partial charge in [0.2, 0.25) is 10.0 Å². The van der Waals surface area contributed by atoms with Crippen molar-refractivity contribution in [2.24, 2.45) is 0 Å². The van der Waals surface area contributed by atoms with E-state index in [1.54, 1.807) is 23.1 Å². The Morgan fingerprint density at radius 2 is 1.73 bits per heavy atom. The third kappa shape index (κ3) is 3.11. The van der Waals surface area contributed by atoms with Crippen LogP contribution in [0, 0.1) is 0 Å². The second kappa shape index (κ2) is 6.00. The summed E-state index contributed by atoms with van der Waals surface area (Å²) in [4.78, 5) is 14.1. The number of sulfonamides is 1. The molecule has 2 aliphatic rings. The molecule has 1 saturated heterocycles. The minimum atomic E-state index is -3.17. The summed E-state index contributed by atoms with van der Waals surface area (Å²) in [7, 11) is -3.17. The summed E-state index contributed by atoms with van der Waals surface area (Å²) in [6.45, 7) is 1.41. The normalized spacial score (nSPS) is 20.2. The van der Waals surface area contributed by atoms with E-state index in [4.69, 9.17) is 23.2 Å². The molecule has 1 amide bonds. The topological polar surface area (TPSA) is 57.7 Å². The van der Waals surface area contributed by atoms with Crippen LogP contribution in [0.4, 0.5) is 0 Å². The van der Waals surface area contributed by atoms with Crippen LogP contribution in [0.5, 0.6) is 0 Å². The molecular formula is C14H16Cl2N2O3S. The highest BCUT2D eigenvalue weighted by atomic mass is 35.5. The molecule has 2 fully saturated rings. The van der Waals surface area contributed by atoms with Crippen molar-refractivity contribution >= 4 is 39.1 Å². The zero-order valence-electron chi connectivity index (χ0n) is 11.8. The molecule has 22 heavy (non-hydrogen) atoms. The van der Waals surface area contributed by atoms with Gasteiger partial charge in [0.15, 0.2) is 0 Å². The number of piperazine rings is 1. The predicted octanol–water partition coefficient (Wildman–Crippen LogP) is 2.24. The Morgan fingerprint density at radius 3 is 2.32 bits per heavy atom. The molecule has 5 nitrogen and oxygen atoms in total. The lowest BCUT2D eigenvalue weighted by atomic mass is 10.2. The number of amides is 1. The first-order valence-corrected chi connectivity index (χ1v) is 9.39. The van der Waals surface area contributed by atoms with Gasteiger partial charge in [-0.2, -0.15) is 4.31 Å². The molecule has 120 valence electrons. The summed E-state index contributed by atoms with van der Waals surface area (Å²) < 4.78 is 25.8. The summed E-state index contributed by atoms with van der Waals surface area (Å²) in [6.07, 6.45) is 1.50. The molecule has 0 N–H and O–H groups in total. The lowest BCUT2D eigenvalue weighted by Gasteiger charge is -2.34. The molecule has 8 heteroatoms. The molecule has 1 aliphatic heterocycles. The third-order valence-electron chi connectivity index (χ3n) is 3.99. The highest BCUT2D eigenvalue weighted by molar-refractivity contribution is 7.90. The summed E-state index contributed by atoms with van der Waals surface area (Å²) in [6, 6.07) is 4.76. The number of benzene rings is 1. The van der Waals surface area contributed by atoms with E-state index in [2.05, 4.69) is 0 Å². The quantitative estimate of drug-likeness (QED) is 0.828. The molecule has 0 spiro atoms. The Balaban J connectivity index is 1.68. The van der Waals surface area contributed by atoms with Crippen LogP contribution in [0.1, 0.15) is 23.2 Å². The number of nitrogens with zero attached hydrogens (tertiary/aromatic N) is 2. The number of hydrogen-bond donors (Lipinski definition) is 0. The largest absolute Gasteiger partial charge is 0.336 e. The van der Waals surface area contributed by atoms with Crippen molar-refractivity contribution in [3.63, 3.8) is 0 Å². The number of carbonyl (C=O) groups excluding carboxylic acids is 1. The SMILES string of the molecule is O=C(c1cc(Cl)ccc1Cl)N1CCN(S(=O)(=O)C2CC2)CC1. The van der Waals surface area contributed by atoms with Crippen molar-refractivity contribution < 1.29 is 13.2 Å². The fourth-order valence-electron chi connectivity index (χ4n) is 2.55. The Bertz CT molecular complexity index is 696. The average molecular weight is 363 g/mol. The molecule has 0 aromatic heterocycles. The van der Waals surface area contributed by atoms with Gasteiger partial charge in [-0.3, -0.25) is 4.79 Å². The summed E-state index contributed by atoms with van der Waals surface area (Å²) in [5.74, 6) is -0.212. The summed E-state index contributed by atoms with van der Waals surface area (Å²) in [5.41, 5.74) is 0.354. The van der Waals surface area contributed by atoms with Gasteiger partial charge < -0.3 is 4.90 Å². The van der Waals surface area contributed by atoms with Crippen molar-refractivity contribution in [2.45, 2.75) is 18.1 Å². The monoisotopic (exact) mass is 362 g/mol. The first-order chi connectivity index (χ1) is 10.4. The maximum absolute atomic E-state index is 12.5. The molecule has 1 aliphatic carbocycles. The van der Waals surface area contributed by atoms with Crippen molar-refractivity contribution in [1.29, 1.82) is 0 Å². The molecule has 0 radical (unpaired) electrons. The van der Waals surface area contributed by atoms with Crippen molar-refractivity contribution in [2.75, 3.05) is 26.2 Å². The number of hydrogen-bond acceptors (Lipinski definition) is 3. The second-order valence-electron chi connectivity index (χ2n) is 5.56. The molecule has 0 unspecified atom stereocenters. The molecule has 1 aromatic rings. The van der Waals surface area contributed by atoms with E-state index in [9.17, 15) is 13.2 Å². The van der Waals surface area contributed by atoms with Crippen molar-refractivity contribution in [3.8, 4) is 0 Å². The second-order valence-corrected chi connectivity index (χ2v) is 8.62. The fraction of sp³-hybridized carbons (Fsp3) is 0.500. The van der Waals surface area contributed by atoms with Crippen LogP contribution < -0.4 is 0 Å². The van der Waals surface area contributed by atoms with Gasteiger partial charge in [0.05, 0.1) is 15.8 Å². The highest BCUT2D eigenvalue weighted by Crippen LogP contribution is 2.31. The maximum atomic E-state index is 12.5. The average Bonchev–Trinajstić information content (AvgIpc) is 3.34. The zero-order chi connectivity index (χ0) is 15.9. The Labute approximate surface area is 139 Å². The van der Waals surface area contributed by atoms with Crippen LogP contribution in [0.3, 0.4) is 0 Å². The van der Waals surface area contributed by atoms with E-state index in [-0.39, 0.29) is 11.2 Å². The van der Waals surface area contributed by atoms with Crippen LogP contribution in [-0.4, -0.2) is 55.0 Å². The van der Waals surface area contributed by atoms with Gasteiger partial charge >= 0.3 is 0 Å². The number of rotatable bonds is 3. The van der Waals surface area contributed by atoms with E-state index in [1.165, 1.54) is 4.31 Å². The minimum Gasteiger partial charge on any atom is -0.336 e. The van der Waals surface area contributed by atoms with Gasteiger partial charge in [0.25, 0.3) is 5.91 Å². The van der Waals surface area contributed by atoms with Crippen LogP contribution in [0.25, 0.3) is 0 Å². The lowest BCUT2D eigenvalue weighted by molar-refractivity contribution is 0.0698. The minimum absolute atomic E-state index is 0.211. The third-order valence-corrected chi connectivity index (χ3v) is 6.95.